The van der Waals surface area contributed by atoms with Crippen LogP contribution in [0.25, 0.3) is 11.4 Å². The van der Waals surface area contributed by atoms with Gasteiger partial charge in [-0.05, 0) is 36.6 Å². The molecule has 1 N–H and O–H groups in total. The minimum absolute atomic E-state index is 0.515. The molecule has 1 aromatic heterocycles. The van der Waals surface area contributed by atoms with E-state index in [1.807, 2.05) is 11.6 Å². The molecule has 4 heteroatoms. The average Bonchev–Trinajstić information content (AvgIpc) is 2.82. The zero-order chi connectivity index (χ0) is 13.8. The SMILES string of the molecule is CCC(Nc1ccc(-c2nncn2C)cc1)C(C)C. The molecule has 2 rings (SSSR count). The second-order valence-electron chi connectivity index (χ2n) is 5.25. The summed E-state index contributed by atoms with van der Waals surface area (Å²) in [5, 5.41) is 11.6. The van der Waals surface area contributed by atoms with Crippen LogP contribution >= 0.6 is 0 Å². The van der Waals surface area contributed by atoms with Gasteiger partial charge in [-0.25, -0.2) is 0 Å². The number of aromatic nitrogens is 3. The van der Waals surface area contributed by atoms with Crippen molar-refractivity contribution in [2.45, 2.75) is 33.2 Å². The Labute approximate surface area is 114 Å². The van der Waals surface area contributed by atoms with Crippen molar-refractivity contribution < 1.29 is 0 Å². The Bertz CT molecular complexity index is 513. The molecule has 1 aromatic carbocycles. The minimum Gasteiger partial charge on any atom is -0.382 e. The molecule has 0 amide bonds. The highest BCUT2D eigenvalue weighted by molar-refractivity contribution is 5.59. The van der Waals surface area contributed by atoms with Crippen molar-refractivity contribution in [2.75, 3.05) is 5.32 Å². The van der Waals surface area contributed by atoms with Crippen LogP contribution in [0.4, 0.5) is 5.69 Å². The maximum Gasteiger partial charge on any atom is 0.163 e. The van der Waals surface area contributed by atoms with Gasteiger partial charge in [-0.1, -0.05) is 20.8 Å². The fraction of sp³-hybridized carbons (Fsp3) is 0.467. The molecule has 0 saturated carbocycles. The van der Waals surface area contributed by atoms with Crippen LogP contribution < -0.4 is 5.32 Å². The van der Waals surface area contributed by atoms with Gasteiger partial charge >= 0.3 is 0 Å². The molecule has 2 aromatic rings. The summed E-state index contributed by atoms with van der Waals surface area (Å²) in [5.41, 5.74) is 2.25. The third kappa shape index (κ3) is 3.13. The molecule has 0 saturated heterocycles. The first-order valence-corrected chi connectivity index (χ1v) is 6.82. The van der Waals surface area contributed by atoms with Crippen molar-refractivity contribution in [3.05, 3.63) is 30.6 Å². The van der Waals surface area contributed by atoms with Crippen molar-refractivity contribution in [3.8, 4) is 11.4 Å². The number of benzene rings is 1. The smallest absolute Gasteiger partial charge is 0.163 e. The van der Waals surface area contributed by atoms with Crippen molar-refractivity contribution >= 4 is 5.69 Å². The molecule has 1 atom stereocenters. The van der Waals surface area contributed by atoms with Crippen molar-refractivity contribution in [1.82, 2.24) is 14.8 Å². The molecule has 0 radical (unpaired) electrons. The largest absolute Gasteiger partial charge is 0.382 e. The minimum atomic E-state index is 0.515. The van der Waals surface area contributed by atoms with E-state index in [0.717, 1.165) is 23.5 Å². The van der Waals surface area contributed by atoms with Crippen LogP contribution in [0.5, 0.6) is 0 Å². The number of hydrogen-bond donors (Lipinski definition) is 1. The standard InChI is InChI=1S/C15H22N4/c1-5-14(11(2)3)17-13-8-6-12(7-9-13)15-18-16-10-19(15)4/h6-11,14,17H,5H2,1-4H3. The number of rotatable bonds is 5. The lowest BCUT2D eigenvalue weighted by Crippen LogP contribution is -2.24. The summed E-state index contributed by atoms with van der Waals surface area (Å²) >= 11 is 0. The van der Waals surface area contributed by atoms with Gasteiger partial charge in [0.15, 0.2) is 5.82 Å². The van der Waals surface area contributed by atoms with E-state index in [2.05, 4.69) is 60.6 Å². The van der Waals surface area contributed by atoms with Gasteiger partial charge in [0.1, 0.15) is 6.33 Å². The highest BCUT2D eigenvalue weighted by Gasteiger charge is 2.10. The molecule has 4 nitrogen and oxygen atoms in total. The molecule has 19 heavy (non-hydrogen) atoms. The van der Waals surface area contributed by atoms with Crippen LogP contribution in [-0.4, -0.2) is 20.8 Å². The Hall–Kier alpha value is -1.84. The first-order chi connectivity index (χ1) is 9.11. The van der Waals surface area contributed by atoms with Gasteiger partial charge in [0.2, 0.25) is 0 Å². The molecule has 0 spiro atoms. The second kappa shape index (κ2) is 5.87. The molecule has 1 heterocycles. The summed E-state index contributed by atoms with van der Waals surface area (Å²) in [6.07, 6.45) is 2.84. The van der Waals surface area contributed by atoms with Gasteiger partial charge in [0.25, 0.3) is 0 Å². The lowest BCUT2D eigenvalue weighted by molar-refractivity contribution is 0.511. The van der Waals surface area contributed by atoms with Crippen LogP contribution in [0, 0.1) is 5.92 Å². The first kappa shape index (κ1) is 13.6. The summed E-state index contributed by atoms with van der Waals surface area (Å²) < 4.78 is 1.92. The Morgan fingerprint density at radius 3 is 2.37 bits per heavy atom. The second-order valence-corrected chi connectivity index (χ2v) is 5.25. The molecule has 0 aliphatic carbocycles. The molecule has 102 valence electrons. The van der Waals surface area contributed by atoms with Gasteiger partial charge in [0, 0.05) is 24.3 Å². The third-order valence-corrected chi connectivity index (χ3v) is 3.45. The molecular formula is C15H22N4. The summed E-state index contributed by atoms with van der Waals surface area (Å²) in [7, 11) is 1.95. The van der Waals surface area contributed by atoms with E-state index in [0.29, 0.717) is 12.0 Å². The zero-order valence-corrected chi connectivity index (χ0v) is 12.1. The van der Waals surface area contributed by atoms with Crippen LogP contribution in [0.1, 0.15) is 27.2 Å². The number of hydrogen-bond acceptors (Lipinski definition) is 3. The number of anilines is 1. The van der Waals surface area contributed by atoms with Crippen LogP contribution in [0.15, 0.2) is 30.6 Å². The lowest BCUT2D eigenvalue weighted by Gasteiger charge is -2.22. The summed E-state index contributed by atoms with van der Waals surface area (Å²) in [6.45, 7) is 6.70. The highest BCUT2D eigenvalue weighted by Crippen LogP contribution is 2.20. The van der Waals surface area contributed by atoms with Gasteiger partial charge in [-0.2, -0.15) is 0 Å². The molecule has 0 aliphatic heterocycles. The van der Waals surface area contributed by atoms with E-state index < -0.39 is 0 Å². The Balaban J connectivity index is 2.13. The van der Waals surface area contributed by atoms with Crippen molar-refractivity contribution in [1.29, 1.82) is 0 Å². The van der Waals surface area contributed by atoms with Crippen LogP contribution in [-0.2, 0) is 7.05 Å². The predicted octanol–water partition coefficient (Wildman–Crippen LogP) is 3.33. The van der Waals surface area contributed by atoms with Gasteiger partial charge in [-0.3, -0.25) is 0 Å². The molecule has 0 fully saturated rings. The zero-order valence-electron chi connectivity index (χ0n) is 12.1. The first-order valence-electron chi connectivity index (χ1n) is 6.82. The fourth-order valence-electron chi connectivity index (χ4n) is 2.21. The van der Waals surface area contributed by atoms with Gasteiger partial charge in [0.05, 0.1) is 0 Å². The van der Waals surface area contributed by atoms with E-state index in [4.69, 9.17) is 0 Å². The Morgan fingerprint density at radius 1 is 1.21 bits per heavy atom. The summed E-state index contributed by atoms with van der Waals surface area (Å²) in [5.74, 6) is 1.52. The molecular weight excluding hydrogens is 236 g/mol. The van der Waals surface area contributed by atoms with Crippen LogP contribution in [0.2, 0.25) is 0 Å². The van der Waals surface area contributed by atoms with Gasteiger partial charge < -0.3 is 9.88 Å². The number of nitrogens with one attached hydrogen (secondary N) is 1. The topological polar surface area (TPSA) is 42.7 Å². The van der Waals surface area contributed by atoms with Crippen molar-refractivity contribution in [2.24, 2.45) is 13.0 Å². The van der Waals surface area contributed by atoms with E-state index in [1.165, 1.54) is 0 Å². The van der Waals surface area contributed by atoms with E-state index in [-0.39, 0.29) is 0 Å². The third-order valence-electron chi connectivity index (χ3n) is 3.45. The Morgan fingerprint density at radius 2 is 1.89 bits per heavy atom. The maximum atomic E-state index is 4.11. The quantitative estimate of drug-likeness (QED) is 0.894. The average molecular weight is 258 g/mol. The van der Waals surface area contributed by atoms with E-state index >= 15 is 0 Å². The molecule has 0 bridgehead atoms. The molecule has 1 unspecified atom stereocenters. The van der Waals surface area contributed by atoms with Gasteiger partial charge in [-0.15, -0.1) is 10.2 Å². The lowest BCUT2D eigenvalue weighted by atomic mass is 10.0. The monoisotopic (exact) mass is 258 g/mol. The summed E-state index contributed by atoms with van der Waals surface area (Å²) in [4.78, 5) is 0. The highest BCUT2D eigenvalue weighted by atomic mass is 15.2. The summed E-state index contributed by atoms with van der Waals surface area (Å²) in [6, 6.07) is 8.89. The normalized spacial score (nSPS) is 12.7. The van der Waals surface area contributed by atoms with E-state index in [1.54, 1.807) is 6.33 Å². The van der Waals surface area contributed by atoms with Crippen LogP contribution in [0.3, 0.4) is 0 Å². The number of nitrogens with zero attached hydrogens (tertiary/aromatic N) is 3. The maximum absolute atomic E-state index is 4.11. The molecule has 0 aliphatic rings. The Kier molecular flexibility index (Phi) is 4.20. The fourth-order valence-corrected chi connectivity index (χ4v) is 2.21. The van der Waals surface area contributed by atoms with Crippen molar-refractivity contribution in [3.63, 3.8) is 0 Å². The number of aryl methyl sites for hydroxylation is 1. The van der Waals surface area contributed by atoms with E-state index in [9.17, 15) is 0 Å². The predicted molar refractivity (Wildman–Crippen MR) is 79.0 cm³/mol.